The number of nitrogens with zero attached hydrogens (tertiary/aromatic N) is 7. The lowest BCUT2D eigenvalue weighted by Gasteiger charge is -2.06. The van der Waals surface area contributed by atoms with Crippen molar-refractivity contribution in [1.82, 2.24) is 29.1 Å². The monoisotopic (exact) mass is 258 g/mol. The Bertz CT molecular complexity index is 771. The molecule has 0 aliphatic heterocycles. The van der Waals surface area contributed by atoms with Crippen LogP contribution in [-0.2, 0) is 0 Å². The van der Waals surface area contributed by atoms with E-state index in [1.807, 2.05) is 6.92 Å². The molecule has 3 aromatic rings. The lowest BCUT2D eigenvalue weighted by molar-refractivity contribution is 0.318. The summed E-state index contributed by atoms with van der Waals surface area (Å²) in [5.41, 5.74) is 6.13. The fourth-order valence-electron chi connectivity index (χ4n) is 1.81. The highest BCUT2D eigenvalue weighted by Crippen LogP contribution is 2.13. The normalized spacial score (nSPS) is 12.2. The van der Waals surface area contributed by atoms with Crippen molar-refractivity contribution in [3.8, 4) is 5.82 Å². The number of aryl methyl sites for hydroxylation is 1. The highest BCUT2D eigenvalue weighted by molar-refractivity contribution is 5.94. The van der Waals surface area contributed by atoms with Gasteiger partial charge in [-0.1, -0.05) is 5.16 Å². The first-order valence-corrected chi connectivity index (χ1v) is 5.40. The van der Waals surface area contributed by atoms with Gasteiger partial charge in [-0.15, -0.1) is 10.2 Å². The van der Waals surface area contributed by atoms with E-state index >= 15 is 0 Å². The van der Waals surface area contributed by atoms with Gasteiger partial charge in [-0.3, -0.25) is 8.97 Å². The van der Waals surface area contributed by atoms with E-state index in [0.717, 1.165) is 5.82 Å². The molecule has 0 atom stereocenters. The van der Waals surface area contributed by atoms with Crippen LogP contribution in [0.25, 0.3) is 11.5 Å². The molecule has 0 amide bonds. The van der Waals surface area contributed by atoms with Crippen molar-refractivity contribution in [3.05, 3.63) is 36.4 Å². The second kappa shape index (κ2) is 4.05. The third-order valence-electron chi connectivity index (χ3n) is 2.68. The minimum atomic E-state index is -0.106. The average Bonchev–Trinajstić information content (AvgIpc) is 3.05. The number of imidazole rings is 1. The van der Waals surface area contributed by atoms with E-state index in [1.54, 1.807) is 27.6 Å². The Morgan fingerprint density at radius 3 is 2.84 bits per heavy atom. The molecule has 0 saturated heterocycles. The molecule has 0 saturated carbocycles. The molecule has 0 aliphatic carbocycles. The van der Waals surface area contributed by atoms with E-state index in [9.17, 15) is 0 Å². The van der Waals surface area contributed by atoms with Crippen LogP contribution in [-0.4, -0.2) is 40.2 Å². The van der Waals surface area contributed by atoms with Gasteiger partial charge in [0.15, 0.2) is 11.6 Å². The predicted molar refractivity (Wildman–Crippen MR) is 65.2 cm³/mol. The SMILES string of the molecule is Cc1nnc2c(-n3ccnc3C(N)=NO)nccn12. The average molecular weight is 258 g/mol. The fourth-order valence-corrected chi connectivity index (χ4v) is 1.81. The summed E-state index contributed by atoms with van der Waals surface area (Å²) in [5.74, 6) is 1.42. The first kappa shape index (κ1) is 11.1. The highest BCUT2D eigenvalue weighted by atomic mass is 16.4. The fraction of sp³-hybridized carbons (Fsp3) is 0.100. The standard InChI is InChI=1S/C10H10N8O/c1-6-14-15-10-9(13-2-4-17(6)10)18-5-3-12-8(18)7(11)16-19/h2-5,19H,1H3,(H2,11,16). The van der Waals surface area contributed by atoms with Crippen LogP contribution >= 0.6 is 0 Å². The van der Waals surface area contributed by atoms with Crippen LogP contribution in [0.5, 0.6) is 0 Å². The van der Waals surface area contributed by atoms with E-state index in [0.29, 0.717) is 11.5 Å². The minimum absolute atomic E-state index is 0.106. The summed E-state index contributed by atoms with van der Waals surface area (Å²) in [6.45, 7) is 1.84. The Labute approximate surface area is 107 Å². The van der Waals surface area contributed by atoms with Crippen molar-refractivity contribution in [2.75, 3.05) is 0 Å². The number of hydrogen-bond donors (Lipinski definition) is 2. The summed E-state index contributed by atoms with van der Waals surface area (Å²) in [6, 6.07) is 0. The summed E-state index contributed by atoms with van der Waals surface area (Å²) in [6.07, 6.45) is 6.56. The van der Waals surface area contributed by atoms with Crippen molar-refractivity contribution >= 4 is 11.5 Å². The van der Waals surface area contributed by atoms with Gasteiger partial charge in [0.1, 0.15) is 5.82 Å². The Kier molecular flexibility index (Phi) is 2.37. The molecule has 3 N–H and O–H groups in total. The molecular weight excluding hydrogens is 248 g/mol. The van der Waals surface area contributed by atoms with E-state index in [-0.39, 0.29) is 11.7 Å². The number of oxime groups is 1. The smallest absolute Gasteiger partial charge is 0.206 e. The molecule has 19 heavy (non-hydrogen) atoms. The second-order valence-electron chi connectivity index (χ2n) is 3.80. The quantitative estimate of drug-likeness (QED) is 0.282. The molecule has 0 spiro atoms. The summed E-state index contributed by atoms with van der Waals surface area (Å²) >= 11 is 0. The summed E-state index contributed by atoms with van der Waals surface area (Å²) in [4.78, 5) is 8.27. The largest absolute Gasteiger partial charge is 0.409 e. The molecule has 96 valence electrons. The van der Waals surface area contributed by atoms with Crippen LogP contribution in [0.3, 0.4) is 0 Å². The summed E-state index contributed by atoms with van der Waals surface area (Å²) in [5, 5.41) is 19.7. The number of hydrogen-bond acceptors (Lipinski definition) is 6. The van der Waals surface area contributed by atoms with Crippen LogP contribution in [0.2, 0.25) is 0 Å². The van der Waals surface area contributed by atoms with Crippen LogP contribution < -0.4 is 5.73 Å². The van der Waals surface area contributed by atoms with Crippen molar-refractivity contribution in [1.29, 1.82) is 0 Å². The molecule has 0 bridgehead atoms. The third kappa shape index (κ3) is 1.59. The van der Waals surface area contributed by atoms with Gasteiger partial charge in [0.2, 0.25) is 11.5 Å². The highest BCUT2D eigenvalue weighted by Gasteiger charge is 2.15. The van der Waals surface area contributed by atoms with E-state index < -0.39 is 0 Å². The van der Waals surface area contributed by atoms with Gasteiger partial charge in [0.05, 0.1) is 0 Å². The molecular formula is C10H10N8O. The lowest BCUT2D eigenvalue weighted by Crippen LogP contribution is -2.19. The van der Waals surface area contributed by atoms with Crippen LogP contribution in [0.1, 0.15) is 11.6 Å². The van der Waals surface area contributed by atoms with E-state index in [2.05, 4.69) is 25.3 Å². The van der Waals surface area contributed by atoms with Crippen molar-refractivity contribution in [2.45, 2.75) is 6.92 Å². The first-order chi connectivity index (χ1) is 9.22. The molecule has 0 fully saturated rings. The maximum Gasteiger partial charge on any atom is 0.206 e. The van der Waals surface area contributed by atoms with Crippen LogP contribution in [0.4, 0.5) is 0 Å². The molecule has 0 aromatic carbocycles. The Morgan fingerprint density at radius 1 is 1.26 bits per heavy atom. The third-order valence-corrected chi connectivity index (χ3v) is 2.68. The number of rotatable bonds is 2. The van der Waals surface area contributed by atoms with Gasteiger partial charge in [-0.25, -0.2) is 9.97 Å². The lowest BCUT2D eigenvalue weighted by atomic mass is 10.5. The van der Waals surface area contributed by atoms with Gasteiger partial charge in [-0.2, -0.15) is 0 Å². The number of amidine groups is 1. The van der Waals surface area contributed by atoms with Crippen LogP contribution in [0, 0.1) is 6.92 Å². The topological polar surface area (TPSA) is 120 Å². The zero-order valence-electron chi connectivity index (χ0n) is 9.96. The zero-order chi connectivity index (χ0) is 13.4. The second-order valence-corrected chi connectivity index (χ2v) is 3.80. The van der Waals surface area contributed by atoms with Gasteiger partial charge in [-0.05, 0) is 6.92 Å². The van der Waals surface area contributed by atoms with Crippen molar-refractivity contribution < 1.29 is 5.21 Å². The molecule has 3 rings (SSSR count). The minimum Gasteiger partial charge on any atom is -0.409 e. The van der Waals surface area contributed by atoms with Gasteiger partial charge in [0, 0.05) is 24.8 Å². The number of nitrogens with two attached hydrogens (primary N) is 1. The maximum absolute atomic E-state index is 8.75. The zero-order valence-corrected chi connectivity index (χ0v) is 9.96. The van der Waals surface area contributed by atoms with Gasteiger partial charge >= 0.3 is 0 Å². The van der Waals surface area contributed by atoms with Crippen molar-refractivity contribution in [3.63, 3.8) is 0 Å². The summed E-state index contributed by atoms with van der Waals surface area (Å²) in [7, 11) is 0. The molecule has 3 aromatic heterocycles. The predicted octanol–water partition coefficient (Wildman–Crippen LogP) is -0.287. The first-order valence-electron chi connectivity index (χ1n) is 5.40. The molecule has 9 heteroatoms. The Hall–Kier alpha value is -2.97. The molecule has 3 heterocycles. The Balaban J connectivity index is 2.28. The van der Waals surface area contributed by atoms with E-state index in [4.69, 9.17) is 10.9 Å². The van der Waals surface area contributed by atoms with Crippen LogP contribution in [0.15, 0.2) is 29.9 Å². The number of aromatic nitrogens is 6. The molecule has 0 aliphatic rings. The molecule has 0 unspecified atom stereocenters. The maximum atomic E-state index is 8.75. The molecule has 9 nitrogen and oxygen atoms in total. The van der Waals surface area contributed by atoms with Gasteiger partial charge in [0.25, 0.3) is 0 Å². The van der Waals surface area contributed by atoms with E-state index in [1.165, 1.54) is 6.20 Å². The number of fused-ring (bicyclic) bond motifs is 1. The van der Waals surface area contributed by atoms with Crippen molar-refractivity contribution in [2.24, 2.45) is 10.9 Å². The summed E-state index contributed by atoms with van der Waals surface area (Å²) < 4.78 is 3.37. The molecule has 0 radical (unpaired) electrons. The van der Waals surface area contributed by atoms with Gasteiger partial charge < -0.3 is 10.9 Å². The Morgan fingerprint density at radius 2 is 2.05 bits per heavy atom.